The van der Waals surface area contributed by atoms with Crippen LogP contribution in [0.2, 0.25) is 0 Å². The summed E-state index contributed by atoms with van der Waals surface area (Å²) in [5, 5.41) is 5.66. The maximum absolute atomic E-state index is 11.9. The second kappa shape index (κ2) is 7.84. The van der Waals surface area contributed by atoms with Crippen LogP contribution in [-0.2, 0) is 0 Å². The van der Waals surface area contributed by atoms with E-state index in [9.17, 15) is 4.79 Å². The van der Waals surface area contributed by atoms with Gasteiger partial charge in [0.05, 0.1) is 6.54 Å². The molecule has 0 aromatic heterocycles. The van der Waals surface area contributed by atoms with Gasteiger partial charge in [-0.05, 0) is 43.2 Å². The zero-order valence-electron chi connectivity index (χ0n) is 12.7. The molecule has 0 radical (unpaired) electrons. The highest BCUT2D eigenvalue weighted by molar-refractivity contribution is 9.10. The van der Waals surface area contributed by atoms with Crippen LogP contribution in [0.25, 0.3) is 0 Å². The number of nitrogens with one attached hydrogen (secondary N) is 2. The van der Waals surface area contributed by atoms with E-state index in [1.165, 1.54) is 0 Å². The molecule has 5 heteroatoms. The minimum atomic E-state index is -0.227. The van der Waals surface area contributed by atoms with Gasteiger partial charge in [0.25, 0.3) is 0 Å². The van der Waals surface area contributed by atoms with Crippen molar-refractivity contribution in [1.29, 1.82) is 0 Å². The molecule has 2 rings (SSSR count). The third-order valence-corrected chi connectivity index (χ3v) is 3.67. The highest BCUT2D eigenvalue weighted by atomic mass is 79.9. The van der Waals surface area contributed by atoms with Crippen LogP contribution in [0.4, 0.5) is 10.5 Å². The minimum Gasteiger partial charge on any atom is -0.492 e. The summed E-state index contributed by atoms with van der Waals surface area (Å²) >= 11 is 3.39. The number of rotatable bonds is 5. The first-order valence-electron chi connectivity index (χ1n) is 7.05. The fourth-order valence-corrected chi connectivity index (χ4v) is 2.44. The van der Waals surface area contributed by atoms with Crippen LogP contribution >= 0.6 is 15.9 Å². The Kier molecular flexibility index (Phi) is 5.83. The van der Waals surface area contributed by atoms with E-state index in [2.05, 4.69) is 26.6 Å². The summed E-state index contributed by atoms with van der Waals surface area (Å²) in [5.41, 5.74) is 2.94. The maximum atomic E-state index is 11.9. The molecular weight excluding hydrogens is 344 g/mol. The molecule has 0 aliphatic rings. The number of carbonyl (C=O) groups is 1. The summed E-state index contributed by atoms with van der Waals surface area (Å²) in [7, 11) is 0. The summed E-state index contributed by atoms with van der Waals surface area (Å²) in [6, 6.07) is 13.3. The molecule has 0 bridgehead atoms. The SMILES string of the molecule is Cc1cccc(C)c1NC(=O)NCCOc1cccc(Br)c1. The van der Waals surface area contributed by atoms with Crippen molar-refractivity contribution < 1.29 is 9.53 Å². The van der Waals surface area contributed by atoms with Gasteiger partial charge in [-0.15, -0.1) is 0 Å². The van der Waals surface area contributed by atoms with Crippen LogP contribution in [0.3, 0.4) is 0 Å². The van der Waals surface area contributed by atoms with Crippen molar-refractivity contribution in [3.63, 3.8) is 0 Å². The van der Waals surface area contributed by atoms with Crippen molar-refractivity contribution in [2.75, 3.05) is 18.5 Å². The van der Waals surface area contributed by atoms with E-state index >= 15 is 0 Å². The number of anilines is 1. The molecular formula is C17H19BrN2O2. The predicted octanol–water partition coefficient (Wildman–Crippen LogP) is 4.27. The Balaban J connectivity index is 1.76. The van der Waals surface area contributed by atoms with Gasteiger partial charge >= 0.3 is 6.03 Å². The van der Waals surface area contributed by atoms with E-state index in [4.69, 9.17) is 4.74 Å². The van der Waals surface area contributed by atoms with Crippen LogP contribution in [0.15, 0.2) is 46.9 Å². The Bertz CT molecular complexity index is 639. The molecule has 0 fully saturated rings. The van der Waals surface area contributed by atoms with E-state index < -0.39 is 0 Å². The van der Waals surface area contributed by atoms with Gasteiger partial charge in [0.2, 0.25) is 0 Å². The second-order valence-electron chi connectivity index (χ2n) is 4.95. The van der Waals surface area contributed by atoms with Crippen LogP contribution < -0.4 is 15.4 Å². The van der Waals surface area contributed by atoms with E-state index in [1.54, 1.807) is 0 Å². The van der Waals surface area contributed by atoms with Crippen molar-refractivity contribution in [3.05, 3.63) is 58.1 Å². The number of amides is 2. The lowest BCUT2D eigenvalue weighted by Crippen LogP contribution is -2.32. The molecule has 116 valence electrons. The van der Waals surface area contributed by atoms with Gasteiger partial charge in [-0.3, -0.25) is 0 Å². The molecule has 2 aromatic rings. The molecule has 0 saturated heterocycles. The number of ether oxygens (including phenoxy) is 1. The average Bonchev–Trinajstić information content (AvgIpc) is 2.48. The largest absolute Gasteiger partial charge is 0.492 e. The summed E-state index contributed by atoms with van der Waals surface area (Å²) in [6.07, 6.45) is 0. The van der Waals surface area contributed by atoms with Crippen molar-refractivity contribution >= 4 is 27.6 Å². The molecule has 2 aromatic carbocycles. The lowest BCUT2D eigenvalue weighted by molar-refractivity contribution is 0.247. The lowest BCUT2D eigenvalue weighted by atomic mass is 10.1. The van der Waals surface area contributed by atoms with Crippen LogP contribution in [0.5, 0.6) is 5.75 Å². The summed E-state index contributed by atoms with van der Waals surface area (Å²) in [4.78, 5) is 11.9. The molecule has 22 heavy (non-hydrogen) atoms. The Morgan fingerprint density at radius 1 is 1.14 bits per heavy atom. The second-order valence-corrected chi connectivity index (χ2v) is 5.87. The smallest absolute Gasteiger partial charge is 0.319 e. The lowest BCUT2D eigenvalue weighted by Gasteiger charge is -2.12. The number of carbonyl (C=O) groups excluding carboxylic acids is 1. The topological polar surface area (TPSA) is 50.4 Å². The third-order valence-electron chi connectivity index (χ3n) is 3.17. The van der Waals surface area contributed by atoms with Gasteiger partial charge in [0.1, 0.15) is 12.4 Å². The number of aryl methyl sites for hydroxylation is 2. The average molecular weight is 363 g/mol. The third kappa shape index (κ3) is 4.77. The zero-order chi connectivity index (χ0) is 15.9. The van der Waals surface area contributed by atoms with E-state index in [-0.39, 0.29) is 6.03 Å². The van der Waals surface area contributed by atoms with Crippen LogP contribution in [0.1, 0.15) is 11.1 Å². The number of benzene rings is 2. The molecule has 0 heterocycles. The number of halogens is 1. The predicted molar refractivity (Wildman–Crippen MR) is 92.6 cm³/mol. The number of para-hydroxylation sites is 1. The van der Waals surface area contributed by atoms with Crippen molar-refractivity contribution in [2.24, 2.45) is 0 Å². The highest BCUT2D eigenvalue weighted by Gasteiger charge is 2.06. The van der Waals surface area contributed by atoms with Crippen molar-refractivity contribution in [2.45, 2.75) is 13.8 Å². The summed E-state index contributed by atoms with van der Waals surface area (Å²) in [5.74, 6) is 0.770. The first-order chi connectivity index (χ1) is 10.6. The van der Waals surface area contributed by atoms with Crippen LogP contribution in [0, 0.1) is 13.8 Å². The van der Waals surface area contributed by atoms with Gasteiger partial charge in [-0.1, -0.05) is 40.2 Å². The molecule has 0 unspecified atom stereocenters. The molecule has 0 aliphatic carbocycles. The maximum Gasteiger partial charge on any atom is 0.319 e. The van der Waals surface area contributed by atoms with Crippen LogP contribution in [-0.4, -0.2) is 19.2 Å². The van der Waals surface area contributed by atoms with Gasteiger partial charge in [-0.25, -0.2) is 4.79 Å². The Morgan fingerprint density at radius 3 is 2.50 bits per heavy atom. The molecule has 0 aliphatic heterocycles. The fourth-order valence-electron chi connectivity index (χ4n) is 2.06. The molecule has 2 N–H and O–H groups in total. The van der Waals surface area contributed by atoms with Gasteiger partial charge < -0.3 is 15.4 Å². The molecule has 2 amide bonds. The van der Waals surface area contributed by atoms with Gasteiger partial charge in [-0.2, -0.15) is 0 Å². The van der Waals surface area contributed by atoms with Crippen molar-refractivity contribution in [3.8, 4) is 5.75 Å². The number of hydrogen-bond donors (Lipinski definition) is 2. The van der Waals surface area contributed by atoms with E-state index in [1.807, 2.05) is 56.3 Å². The van der Waals surface area contributed by atoms with Gasteiger partial charge in [0, 0.05) is 10.2 Å². The molecule has 0 atom stereocenters. The van der Waals surface area contributed by atoms with Crippen molar-refractivity contribution in [1.82, 2.24) is 5.32 Å². The monoisotopic (exact) mass is 362 g/mol. The zero-order valence-corrected chi connectivity index (χ0v) is 14.2. The summed E-state index contributed by atoms with van der Waals surface area (Å²) < 4.78 is 6.53. The normalized spacial score (nSPS) is 10.1. The fraction of sp³-hybridized carbons (Fsp3) is 0.235. The minimum absolute atomic E-state index is 0.227. The standard InChI is InChI=1S/C17H19BrN2O2/c1-12-5-3-6-13(2)16(12)20-17(21)19-9-10-22-15-8-4-7-14(18)11-15/h3-8,11H,9-10H2,1-2H3,(H2,19,20,21). The Hall–Kier alpha value is -2.01. The van der Waals surface area contributed by atoms with E-state index in [0.29, 0.717) is 13.2 Å². The number of hydrogen-bond acceptors (Lipinski definition) is 2. The molecule has 0 saturated carbocycles. The van der Waals surface area contributed by atoms with Gasteiger partial charge in [0.15, 0.2) is 0 Å². The summed E-state index contributed by atoms with van der Waals surface area (Å²) in [6.45, 7) is 4.79. The Labute approximate surface area is 139 Å². The van der Waals surface area contributed by atoms with E-state index in [0.717, 1.165) is 27.0 Å². The first-order valence-corrected chi connectivity index (χ1v) is 7.85. The number of urea groups is 1. The molecule has 0 spiro atoms. The highest BCUT2D eigenvalue weighted by Crippen LogP contribution is 2.19. The first kappa shape index (κ1) is 16.4. The Morgan fingerprint density at radius 2 is 1.82 bits per heavy atom. The molecule has 4 nitrogen and oxygen atoms in total. The quantitative estimate of drug-likeness (QED) is 0.780.